The Bertz CT molecular complexity index is 746. The lowest BCUT2D eigenvalue weighted by Crippen LogP contribution is -2.09. The minimum Gasteiger partial charge on any atom is -0.422 e. The first kappa shape index (κ1) is 12.1. The summed E-state index contributed by atoms with van der Waals surface area (Å²) >= 11 is 3.14. The lowest BCUT2D eigenvalue weighted by Gasteiger charge is -2.05. The Labute approximate surface area is 122 Å². The van der Waals surface area contributed by atoms with Crippen LogP contribution in [0, 0.1) is 5.82 Å². The van der Waals surface area contributed by atoms with E-state index in [-0.39, 0.29) is 11.8 Å². The van der Waals surface area contributed by atoms with Crippen LogP contribution in [0.25, 0.3) is 0 Å². The first-order valence-corrected chi connectivity index (χ1v) is 6.87. The Morgan fingerprint density at radius 2 is 2.00 bits per heavy atom. The maximum Gasteiger partial charge on any atom is 0.341 e. The summed E-state index contributed by atoms with van der Waals surface area (Å²) in [6, 6.07) is 11.8. The van der Waals surface area contributed by atoms with Crippen molar-refractivity contribution in [1.82, 2.24) is 0 Å². The largest absolute Gasteiger partial charge is 0.422 e. The summed E-state index contributed by atoms with van der Waals surface area (Å²) in [6.45, 7) is 0. The number of halogens is 2. The molecular formula is C15H8BrFO3. The van der Waals surface area contributed by atoms with Crippen LogP contribution in [0.4, 0.5) is 4.39 Å². The van der Waals surface area contributed by atoms with Crippen LogP contribution in [0.2, 0.25) is 0 Å². The van der Waals surface area contributed by atoms with Gasteiger partial charge in [0.2, 0.25) is 0 Å². The molecule has 20 heavy (non-hydrogen) atoms. The van der Waals surface area contributed by atoms with Crippen molar-refractivity contribution in [1.29, 1.82) is 0 Å². The smallest absolute Gasteiger partial charge is 0.341 e. The predicted octanol–water partition coefficient (Wildman–Crippen LogP) is 3.68. The quantitative estimate of drug-likeness (QED) is 0.589. The number of hydrogen-bond acceptors (Lipinski definition) is 3. The van der Waals surface area contributed by atoms with E-state index >= 15 is 0 Å². The Morgan fingerprint density at radius 3 is 2.80 bits per heavy atom. The fourth-order valence-corrected chi connectivity index (χ4v) is 3.00. The molecule has 2 aromatic carbocycles. The van der Waals surface area contributed by atoms with Gasteiger partial charge in [-0.1, -0.05) is 24.3 Å². The monoisotopic (exact) mass is 334 g/mol. The van der Waals surface area contributed by atoms with E-state index in [4.69, 9.17) is 9.47 Å². The van der Waals surface area contributed by atoms with E-state index in [0.29, 0.717) is 10.0 Å². The number of epoxide rings is 1. The van der Waals surface area contributed by atoms with Crippen LogP contribution in [0.15, 0.2) is 46.9 Å². The molecule has 2 aromatic rings. The summed E-state index contributed by atoms with van der Waals surface area (Å²) in [5.74, 6) is -1.76. The first-order valence-electron chi connectivity index (χ1n) is 6.07. The Morgan fingerprint density at radius 1 is 1.20 bits per heavy atom. The minimum atomic E-state index is -1.04. The van der Waals surface area contributed by atoms with E-state index in [1.807, 2.05) is 12.1 Å². The predicted molar refractivity (Wildman–Crippen MR) is 71.5 cm³/mol. The molecule has 5 heteroatoms. The van der Waals surface area contributed by atoms with Crippen molar-refractivity contribution in [3.63, 3.8) is 0 Å². The second kappa shape index (κ2) is 3.90. The van der Waals surface area contributed by atoms with Gasteiger partial charge in [0.25, 0.3) is 5.79 Å². The first-order chi connectivity index (χ1) is 9.62. The van der Waals surface area contributed by atoms with Crippen LogP contribution in [-0.2, 0) is 15.3 Å². The summed E-state index contributed by atoms with van der Waals surface area (Å²) in [5, 5.41) is 0. The summed E-state index contributed by atoms with van der Waals surface area (Å²) in [6.07, 6.45) is -0.396. The number of fused-ring (bicyclic) bond motifs is 2. The highest BCUT2D eigenvalue weighted by molar-refractivity contribution is 9.10. The summed E-state index contributed by atoms with van der Waals surface area (Å²) in [5.41, 5.74) is 2.02. The van der Waals surface area contributed by atoms with Gasteiger partial charge >= 0.3 is 5.97 Å². The van der Waals surface area contributed by atoms with Crippen LogP contribution >= 0.6 is 15.9 Å². The molecule has 0 aromatic heterocycles. The molecule has 0 aliphatic carbocycles. The molecule has 0 bridgehead atoms. The lowest BCUT2D eigenvalue weighted by molar-refractivity contribution is -0.00812. The van der Waals surface area contributed by atoms with E-state index < -0.39 is 11.9 Å². The normalized spacial score (nSPS) is 26.5. The van der Waals surface area contributed by atoms with E-state index in [9.17, 15) is 9.18 Å². The topological polar surface area (TPSA) is 38.8 Å². The molecule has 1 spiro atoms. The highest BCUT2D eigenvalue weighted by atomic mass is 79.9. The van der Waals surface area contributed by atoms with Gasteiger partial charge in [0, 0.05) is 5.56 Å². The third-order valence-electron chi connectivity index (χ3n) is 3.59. The van der Waals surface area contributed by atoms with Crippen molar-refractivity contribution in [3.8, 4) is 0 Å². The molecule has 0 unspecified atom stereocenters. The molecular weight excluding hydrogens is 327 g/mol. The van der Waals surface area contributed by atoms with Crippen LogP contribution in [0.5, 0.6) is 0 Å². The number of carbonyl (C=O) groups excluding carboxylic acids is 1. The average molecular weight is 335 g/mol. The van der Waals surface area contributed by atoms with E-state index in [2.05, 4.69) is 15.9 Å². The molecule has 2 aliphatic heterocycles. The molecule has 2 atom stereocenters. The van der Waals surface area contributed by atoms with Gasteiger partial charge in [-0.05, 0) is 39.7 Å². The number of hydrogen-bond donors (Lipinski definition) is 0. The molecule has 1 fully saturated rings. The number of rotatable bonds is 1. The van der Waals surface area contributed by atoms with E-state index in [0.717, 1.165) is 11.1 Å². The SMILES string of the molecule is O=C1O[C@@]2(O[C@@H]2c2ccc(F)c(Br)c2)c2ccccc21. The minimum absolute atomic E-state index is 0.340. The van der Waals surface area contributed by atoms with Crippen LogP contribution in [0.3, 0.4) is 0 Å². The van der Waals surface area contributed by atoms with E-state index in [1.54, 1.807) is 24.3 Å². The maximum absolute atomic E-state index is 13.3. The van der Waals surface area contributed by atoms with Crippen LogP contribution in [0.1, 0.15) is 27.6 Å². The van der Waals surface area contributed by atoms with Gasteiger partial charge in [0.15, 0.2) is 6.10 Å². The molecule has 2 aliphatic rings. The van der Waals surface area contributed by atoms with Gasteiger partial charge in [0.05, 0.1) is 10.0 Å². The van der Waals surface area contributed by atoms with Gasteiger partial charge in [-0.3, -0.25) is 0 Å². The summed E-state index contributed by atoms with van der Waals surface area (Å²) in [7, 11) is 0. The number of carbonyl (C=O) groups is 1. The van der Waals surface area contributed by atoms with E-state index in [1.165, 1.54) is 6.07 Å². The highest BCUT2D eigenvalue weighted by Gasteiger charge is 2.67. The fourth-order valence-electron chi connectivity index (χ4n) is 2.60. The second-order valence-corrected chi connectivity index (χ2v) is 5.63. The molecule has 1 saturated heterocycles. The lowest BCUT2D eigenvalue weighted by atomic mass is 9.99. The van der Waals surface area contributed by atoms with Crippen LogP contribution < -0.4 is 0 Å². The van der Waals surface area contributed by atoms with Gasteiger partial charge in [0.1, 0.15) is 5.82 Å². The van der Waals surface area contributed by atoms with Crippen molar-refractivity contribution in [2.75, 3.05) is 0 Å². The molecule has 2 heterocycles. The van der Waals surface area contributed by atoms with Gasteiger partial charge < -0.3 is 9.47 Å². The molecule has 4 rings (SSSR count). The Hall–Kier alpha value is -1.72. The van der Waals surface area contributed by atoms with Crippen molar-refractivity contribution >= 4 is 21.9 Å². The fraction of sp³-hybridized carbons (Fsp3) is 0.133. The van der Waals surface area contributed by atoms with Crippen molar-refractivity contribution in [2.45, 2.75) is 11.9 Å². The third kappa shape index (κ3) is 1.50. The second-order valence-electron chi connectivity index (χ2n) is 4.77. The molecule has 3 nitrogen and oxygen atoms in total. The van der Waals surface area contributed by atoms with Crippen LogP contribution in [-0.4, -0.2) is 5.97 Å². The zero-order chi connectivity index (χ0) is 13.9. The van der Waals surface area contributed by atoms with Crippen molar-refractivity contribution in [2.24, 2.45) is 0 Å². The third-order valence-corrected chi connectivity index (χ3v) is 4.20. The zero-order valence-corrected chi connectivity index (χ0v) is 11.7. The van der Waals surface area contributed by atoms with Gasteiger partial charge in [-0.25, -0.2) is 9.18 Å². The molecule has 0 amide bonds. The maximum atomic E-state index is 13.3. The number of benzene rings is 2. The van der Waals surface area contributed by atoms with Gasteiger partial charge in [-0.15, -0.1) is 0 Å². The molecule has 0 radical (unpaired) electrons. The van der Waals surface area contributed by atoms with Crippen molar-refractivity contribution in [3.05, 3.63) is 69.4 Å². The zero-order valence-electron chi connectivity index (χ0n) is 10.1. The summed E-state index contributed by atoms with van der Waals surface area (Å²) in [4.78, 5) is 11.8. The number of esters is 1. The number of ether oxygens (including phenoxy) is 2. The summed E-state index contributed by atoms with van der Waals surface area (Å²) < 4.78 is 24.7. The van der Waals surface area contributed by atoms with Gasteiger partial charge in [-0.2, -0.15) is 0 Å². The molecule has 0 N–H and O–H groups in total. The average Bonchev–Trinajstić information content (AvgIpc) is 3.09. The van der Waals surface area contributed by atoms with Crippen molar-refractivity contribution < 1.29 is 18.7 Å². The standard InChI is InChI=1S/C15H8BrFO3/c16-11-7-8(5-6-12(11)17)13-15(19-13)10-4-2-1-3-9(10)14(18)20-15/h1-7,13H/t13-,15+/m1/s1. The Balaban J connectivity index is 1.76. The highest BCUT2D eigenvalue weighted by Crippen LogP contribution is 2.61. The molecule has 0 saturated carbocycles. The Kier molecular flexibility index (Phi) is 2.35. The molecule has 100 valence electrons.